The van der Waals surface area contributed by atoms with E-state index in [4.69, 9.17) is 16.7 Å². The van der Waals surface area contributed by atoms with Crippen molar-refractivity contribution in [1.82, 2.24) is 0 Å². The number of aliphatic hydroxyl groups is 1. The molecule has 0 aromatic carbocycles. The van der Waals surface area contributed by atoms with E-state index in [0.29, 0.717) is 11.5 Å². The van der Waals surface area contributed by atoms with E-state index in [0.717, 1.165) is 5.57 Å². The number of rotatable bonds is 4. The van der Waals surface area contributed by atoms with Crippen molar-refractivity contribution in [2.24, 2.45) is 0 Å². The zero-order valence-corrected chi connectivity index (χ0v) is 6.56. The van der Waals surface area contributed by atoms with Crippen molar-refractivity contribution in [3.05, 3.63) is 35.9 Å². The Morgan fingerprint density at radius 3 is 2.30 bits per heavy atom. The fraction of sp³-hybridized carbons (Fsp3) is 0.250. The minimum atomic E-state index is 0.0887. The topological polar surface area (TPSA) is 20.2 Å². The molecule has 1 nitrogen and oxygen atoms in total. The van der Waals surface area contributed by atoms with Gasteiger partial charge in [-0.15, -0.1) is 0 Å². The predicted molar refractivity (Wildman–Crippen MR) is 45.0 cm³/mol. The van der Waals surface area contributed by atoms with Crippen LogP contribution in [0.1, 0.15) is 6.42 Å². The van der Waals surface area contributed by atoms with Gasteiger partial charge < -0.3 is 5.11 Å². The maximum atomic E-state index is 8.54. The molecule has 0 spiro atoms. The van der Waals surface area contributed by atoms with Gasteiger partial charge >= 0.3 is 0 Å². The summed E-state index contributed by atoms with van der Waals surface area (Å²) < 4.78 is 0. The quantitative estimate of drug-likeness (QED) is 0.623. The van der Waals surface area contributed by atoms with Gasteiger partial charge in [-0.25, -0.2) is 0 Å². The largest absolute Gasteiger partial charge is 0.396 e. The Hall–Kier alpha value is -0.530. The Kier molecular flexibility index (Phi) is 4.99. The smallest absolute Gasteiger partial charge is 0.0471 e. The molecule has 0 aliphatic rings. The molecule has 0 amide bonds. The molecule has 0 atom stereocenters. The van der Waals surface area contributed by atoms with Crippen LogP contribution in [0.15, 0.2) is 35.9 Å². The lowest BCUT2D eigenvalue weighted by Crippen LogP contribution is -1.86. The van der Waals surface area contributed by atoms with Crippen LogP contribution in [-0.2, 0) is 0 Å². The number of hydrogen-bond donors (Lipinski definition) is 1. The van der Waals surface area contributed by atoms with Gasteiger partial charge in [-0.05, 0) is 12.0 Å². The normalized spacial score (nSPS) is 12.2. The highest BCUT2D eigenvalue weighted by atomic mass is 35.5. The zero-order valence-electron chi connectivity index (χ0n) is 5.81. The number of hydrogen-bond acceptors (Lipinski definition) is 1. The van der Waals surface area contributed by atoms with E-state index in [9.17, 15) is 0 Å². The monoisotopic (exact) mass is 158 g/mol. The van der Waals surface area contributed by atoms with Crippen molar-refractivity contribution in [2.45, 2.75) is 6.42 Å². The van der Waals surface area contributed by atoms with Crippen molar-refractivity contribution in [3.63, 3.8) is 0 Å². The number of allylic oxidation sites excluding steroid dienone is 3. The average Bonchev–Trinajstić information content (AvgIpc) is 1.99. The molecule has 10 heavy (non-hydrogen) atoms. The van der Waals surface area contributed by atoms with Crippen LogP contribution in [-0.4, -0.2) is 11.7 Å². The molecule has 56 valence electrons. The Bertz CT molecular complexity index is 159. The van der Waals surface area contributed by atoms with E-state index in [1.165, 1.54) is 6.08 Å². The summed E-state index contributed by atoms with van der Waals surface area (Å²) in [6.07, 6.45) is 3.70. The van der Waals surface area contributed by atoms with Crippen LogP contribution < -0.4 is 0 Å². The van der Waals surface area contributed by atoms with E-state index in [-0.39, 0.29) is 6.61 Å². The fourth-order valence-electron chi connectivity index (χ4n) is 0.571. The molecule has 0 bridgehead atoms. The second kappa shape index (κ2) is 5.27. The molecule has 2 heteroatoms. The lowest BCUT2D eigenvalue weighted by atomic mass is 10.2. The average molecular weight is 159 g/mol. The van der Waals surface area contributed by atoms with Crippen LogP contribution in [0, 0.1) is 0 Å². The lowest BCUT2D eigenvalue weighted by Gasteiger charge is -1.98. The highest BCUT2D eigenvalue weighted by Gasteiger charge is 1.94. The summed E-state index contributed by atoms with van der Waals surface area (Å²) in [4.78, 5) is 0. The molecule has 1 N–H and O–H groups in total. The third-order valence-electron chi connectivity index (χ3n) is 1.11. The zero-order chi connectivity index (χ0) is 7.98. The first-order chi connectivity index (χ1) is 4.76. The molecular formula is C8H11ClO. The van der Waals surface area contributed by atoms with Crippen LogP contribution in [0.25, 0.3) is 0 Å². The summed E-state index contributed by atoms with van der Waals surface area (Å²) in [5.41, 5.74) is 0.833. The first kappa shape index (κ1) is 9.47. The lowest BCUT2D eigenvalue weighted by molar-refractivity contribution is 0.300. The summed E-state index contributed by atoms with van der Waals surface area (Å²) in [5, 5.41) is 9.10. The minimum Gasteiger partial charge on any atom is -0.396 e. The van der Waals surface area contributed by atoms with Gasteiger partial charge in [-0.3, -0.25) is 0 Å². The van der Waals surface area contributed by atoms with E-state index in [1.807, 2.05) is 0 Å². The minimum absolute atomic E-state index is 0.0887. The predicted octanol–water partition coefficient (Wildman–Crippen LogP) is 2.23. The Morgan fingerprint density at radius 2 is 2.00 bits per heavy atom. The fourth-order valence-corrected chi connectivity index (χ4v) is 0.742. The molecule has 0 saturated heterocycles. The van der Waals surface area contributed by atoms with Gasteiger partial charge in [0.2, 0.25) is 0 Å². The van der Waals surface area contributed by atoms with Gasteiger partial charge in [0, 0.05) is 11.6 Å². The molecule has 0 heterocycles. The highest BCUT2D eigenvalue weighted by molar-refractivity contribution is 6.31. The number of aliphatic hydroxyl groups excluding tert-OH is 1. The Labute approximate surface area is 66.3 Å². The van der Waals surface area contributed by atoms with Gasteiger partial charge in [-0.2, -0.15) is 0 Å². The van der Waals surface area contributed by atoms with Gasteiger partial charge in [-0.1, -0.05) is 36.9 Å². The van der Waals surface area contributed by atoms with Crippen molar-refractivity contribution in [2.75, 3.05) is 6.61 Å². The van der Waals surface area contributed by atoms with Crippen LogP contribution >= 0.6 is 11.6 Å². The van der Waals surface area contributed by atoms with E-state index < -0.39 is 0 Å². The summed E-state index contributed by atoms with van der Waals surface area (Å²) >= 11 is 5.69. The maximum absolute atomic E-state index is 8.54. The van der Waals surface area contributed by atoms with Gasteiger partial charge in [0.15, 0.2) is 0 Å². The SMILES string of the molecule is C=C/C(Cl)=C(\C=C)CCO. The van der Waals surface area contributed by atoms with E-state index in [2.05, 4.69) is 13.2 Å². The molecule has 0 aliphatic carbocycles. The molecule has 0 fully saturated rings. The molecule has 0 saturated carbocycles. The standard InChI is InChI=1S/C8H11ClO/c1-3-7(5-6-10)8(9)4-2/h3-4,10H,1-2,5-6H2/b8-7-. The maximum Gasteiger partial charge on any atom is 0.0471 e. The molecule has 0 aromatic rings. The molecule has 0 rings (SSSR count). The van der Waals surface area contributed by atoms with E-state index in [1.54, 1.807) is 6.08 Å². The van der Waals surface area contributed by atoms with Gasteiger partial charge in [0.1, 0.15) is 0 Å². The van der Waals surface area contributed by atoms with Crippen molar-refractivity contribution in [3.8, 4) is 0 Å². The first-order valence-corrected chi connectivity index (χ1v) is 3.38. The third-order valence-corrected chi connectivity index (χ3v) is 1.51. The summed E-state index contributed by atoms with van der Waals surface area (Å²) in [5.74, 6) is 0. The number of halogens is 1. The Balaban J connectivity index is 4.28. The van der Waals surface area contributed by atoms with Crippen LogP contribution in [0.4, 0.5) is 0 Å². The second-order valence-electron chi connectivity index (χ2n) is 1.76. The van der Waals surface area contributed by atoms with Gasteiger partial charge in [0.25, 0.3) is 0 Å². The molecule has 0 unspecified atom stereocenters. The van der Waals surface area contributed by atoms with E-state index >= 15 is 0 Å². The molecule has 0 aromatic heterocycles. The van der Waals surface area contributed by atoms with Crippen molar-refractivity contribution in [1.29, 1.82) is 0 Å². The van der Waals surface area contributed by atoms with Crippen molar-refractivity contribution < 1.29 is 5.11 Å². The summed E-state index contributed by atoms with van der Waals surface area (Å²) in [7, 11) is 0. The van der Waals surface area contributed by atoms with Crippen molar-refractivity contribution >= 4 is 11.6 Å². The summed E-state index contributed by atoms with van der Waals surface area (Å²) in [6.45, 7) is 7.13. The van der Waals surface area contributed by atoms with Gasteiger partial charge in [0.05, 0.1) is 0 Å². The molecule has 0 aliphatic heterocycles. The van der Waals surface area contributed by atoms with Crippen LogP contribution in [0.2, 0.25) is 0 Å². The van der Waals surface area contributed by atoms with Crippen LogP contribution in [0.3, 0.4) is 0 Å². The van der Waals surface area contributed by atoms with Crippen LogP contribution in [0.5, 0.6) is 0 Å². The molecule has 0 radical (unpaired) electrons. The first-order valence-electron chi connectivity index (χ1n) is 3.00. The highest BCUT2D eigenvalue weighted by Crippen LogP contribution is 2.14. The molecular weight excluding hydrogens is 148 g/mol. The third kappa shape index (κ3) is 2.85. The Morgan fingerprint density at radius 1 is 1.40 bits per heavy atom. The summed E-state index contributed by atoms with van der Waals surface area (Å²) in [6, 6.07) is 0. The second-order valence-corrected chi connectivity index (χ2v) is 2.16.